The second-order valence-corrected chi connectivity index (χ2v) is 13.4. The fraction of sp³-hybridized carbons (Fsp3) is 1.00. The summed E-state index contributed by atoms with van der Waals surface area (Å²) in [6, 6.07) is 0. The van der Waals surface area contributed by atoms with Gasteiger partial charge in [0.05, 0.1) is 12.5 Å². The molecule has 0 aliphatic heterocycles. The molecule has 0 saturated heterocycles. The Morgan fingerprint density at radius 3 is 1.15 bits per heavy atom. The Bertz CT molecular complexity index is 200. The summed E-state index contributed by atoms with van der Waals surface area (Å²) < 4.78 is 6.07. The fourth-order valence-electron chi connectivity index (χ4n) is 0.949. The molecule has 0 aromatic rings. The second kappa shape index (κ2) is 5.98. The number of rotatable bonds is 6. The molecule has 0 radical (unpaired) electrons. The van der Waals surface area contributed by atoms with Gasteiger partial charge in [-0.2, -0.15) is 0 Å². The summed E-state index contributed by atoms with van der Waals surface area (Å²) in [5, 5.41) is 0. The molecule has 0 unspecified atom stereocenters. The highest BCUT2D eigenvalue weighted by Crippen LogP contribution is 2.63. The molecule has 0 saturated carbocycles. The maximum Gasteiger partial charge on any atom is 0.0724 e. The predicted molar refractivity (Wildman–Crippen MR) is 71.8 cm³/mol. The molecule has 13 heavy (non-hydrogen) atoms. The van der Waals surface area contributed by atoms with Gasteiger partial charge in [-0.25, -0.2) is 0 Å². The van der Waals surface area contributed by atoms with E-state index in [1.54, 1.807) is 0 Å². The lowest BCUT2D eigenvalue weighted by Gasteiger charge is -2.27. The Labute approximate surface area is 92.8 Å². The highest BCUT2D eigenvalue weighted by Gasteiger charge is 2.22. The van der Waals surface area contributed by atoms with E-state index in [2.05, 4.69) is 27.7 Å². The van der Waals surface area contributed by atoms with Gasteiger partial charge in [0, 0.05) is 0 Å². The van der Waals surface area contributed by atoms with E-state index in [0.29, 0.717) is 0 Å². The number of hydrogen-bond acceptors (Lipinski definition) is 3. The standard InChI is InChI=1S/C8H20OP2S2/c1-5-10(12,6-2)9-11(13,7-3)8-4/h5-8H2,1-4H3. The summed E-state index contributed by atoms with van der Waals surface area (Å²) in [6.45, 7) is 8.48. The molecule has 0 aromatic heterocycles. The zero-order chi connectivity index (χ0) is 10.5. The monoisotopic (exact) mass is 258 g/mol. The van der Waals surface area contributed by atoms with Gasteiger partial charge in [-0.05, 0) is 24.6 Å². The van der Waals surface area contributed by atoms with Crippen LogP contribution in [0, 0.1) is 0 Å². The highest BCUT2D eigenvalue weighted by molar-refractivity contribution is 8.19. The van der Waals surface area contributed by atoms with Crippen LogP contribution in [0.4, 0.5) is 0 Å². The first-order chi connectivity index (χ1) is 5.95. The zero-order valence-electron chi connectivity index (χ0n) is 8.95. The first kappa shape index (κ1) is 14.3. The maximum absolute atomic E-state index is 6.07. The first-order valence-corrected chi connectivity index (χ1v) is 11.0. The van der Waals surface area contributed by atoms with Crippen LogP contribution in [-0.4, -0.2) is 24.6 Å². The maximum atomic E-state index is 6.07. The SMILES string of the molecule is CCP(=S)(CC)OP(=S)(CC)CC. The summed E-state index contributed by atoms with van der Waals surface area (Å²) >= 11 is 11.1. The molecular weight excluding hydrogens is 238 g/mol. The molecule has 0 atom stereocenters. The van der Waals surface area contributed by atoms with Crippen LogP contribution in [0.15, 0.2) is 0 Å². The Balaban J connectivity index is 4.57. The Hall–Kier alpha value is 1.26. The molecule has 1 nitrogen and oxygen atoms in total. The van der Waals surface area contributed by atoms with Crippen LogP contribution in [0.2, 0.25) is 0 Å². The van der Waals surface area contributed by atoms with Crippen molar-refractivity contribution < 1.29 is 4.31 Å². The summed E-state index contributed by atoms with van der Waals surface area (Å²) in [5.41, 5.74) is 0. The molecule has 5 heteroatoms. The van der Waals surface area contributed by atoms with E-state index in [1.165, 1.54) is 0 Å². The molecule has 80 valence electrons. The quantitative estimate of drug-likeness (QED) is 0.669. The van der Waals surface area contributed by atoms with Crippen LogP contribution in [0.25, 0.3) is 0 Å². The third-order valence-corrected chi connectivity index (χ3v) is 12.8. The fourth-order valence-corrected chi connectivity index (χ4v) is 8.54. The van der Waals surface area contributed by atoms with E-state index < -0.39 is 12.5 Å². The number of hydrogen-bond donors (Lipinski definition) is 0. The van der Waals surface area contributed by atoms with E-state index in [-0.39, 0.29) is 0 Å². The van der Waals surface area contributed by atoms with Crippen molar-refractivity contribution in [1.29, 1.82) is 0 Å². The van der Waals surface area contributed by atoms with Crippen molar-refractivity contribution in [3.63, 3.8) is 0 Å². The van der Waals surface area contributed by atoms with E-state index >= 15 is 0 Å². The molecule has 0 amide bonds. The minimum Gasteiger partial charge on any atom is -0.321 e. The smallest absolute Gasteiger partial charge is 0.0724 e. The van der Waals surface area contributed by atoms with Crippen LogP contribution in [0.3, 0.4) is 0 Å². The average Bonchev–Trinajstić information content (AvgIpc) is 2.17. The van der Waals surface area contributed by atoms with Crippen molar-refractivity contribution >= 4 is 36.1 Å². The summed E-state index contributed by atoms with van der Waals surface area (Å²) in [4.78, 5) is 0. The molecule has 0 bridgehead atoms. The molecule has 0 spiro atoms. The lowest BCUT2D eigenvalue weighted by molar-refractivity contribution is 0.675. The van der Waals surface area contributed by atoms with Crippen molar-refractivity contribution in [3.8, 4) is 0 Å². The van der Waals surface area contributed by atoms with Gasteiger partial charge >= 0.3 is 0 Å². The van der Waals surface area contributed by atoms with Crippen LogP contribution >= 0.6 is 12.5 Å². The van der Waals surface area contributed by atoms with Crippen LogP contribution in [0.1, 0.15) is 27.7 Å². The van der Waals surface area contributed by atoms with Crippen molar-refractivity contribution in [2.75, 3.05) is 24.6 Å². The minimum absolute atomic E-state index is 0.983. The molecule has 0 aromatic carbocycles. The molecule has 0 fully saturated rings. The zero-order valence-corrected chi connectivity index (χ0v) is 12.4. The van der Waals surface area contributed by atoms with Crippen LogP contribution < -0.4 is 0 Å². The van der Waals surface area contributed by atoms with E-state index in [0.717, 1.165) is 24.6 Å². The van der Waals surface area contributed by atoms with Crippen LogP contribution in [0.5, 0.6) is 0 Å². The van der Waals surface area contributed by atoms with E-state index in [4.69, 9.17) is 27.9 Å². The Morgan fingerprint density at radius 2 is 1.00 bits per heavy atom. The molecule has 0 heterocycles. The van der Waals surface area contributed by atoms with Gasteiger partial charge in [0.1, 0.15) is 0 Å². The normalized spacial score (nSPS) is 13.2. The summed E-state index contributed by atoms with van der Waals surface area (Å²) in [6.07, 6.45) is 0.819. The van der Waals surface area contributed by atoms with Crippen molar-refractivity contribution in [2.24, 2.45) is 0 Å². The Kier molecular flexibility index (Phi) is 6.56. The van der Waals surface area contributed by atoms with Gasteiger partial charge in [0.25, 0.3) is 0 Å². The van der Waals surface area contributed by atoms with Gasteiger partial charge in [0.2, 0.25) is 0 Å². The van der Waals surface area contributed by atoms with Gasteiger partial charge in [-0.3, -0.25) is 0 Å². The van der Waals surface area contributed by atoms with Gasteiger partial charge in [0.15, 0.2) is 0 Å². The van der Waals surface area contributed by atoms with Gasteiger partial charge < -0.3 is 4.31 Å². The lowest BCUT2D eigenvalue weighted by Crippen LogP contribution is -1.98. The van der Waals surface area contributed by atoms with Crippen molar-refractivity contribution in [3.05, 3.63) is 0 Å². The molecule has 0 rings (SSSR count). The minimum atomic E-state index is -1.56. The summed E-state index contributed by atoms with van der Waals surface area (Å²) in [7, 11) is 0. The molecule has 0 aliphatic carbocycles. The van der Waals surface area contributed by atoms with Crippen molar-refractivity contribution in [2.45, 2.75) is 27.7 Å². The van der Waals surface area contributed by atoms with Gasteiger partial charge in [-0.15, -0.1) is 0 Å². The van der Waals surface area contributed by atoms with Crippen LogP contribution in [-0.2, 0) is 27.9 Å². The van der Waals surface area contributed by atoms with Crippen molar-refractivity contribution in [1.82, 2.24) is 0 Å². The third kappa shape index (κ3) is 4.53. The highest BCUT2D eigenvalue weighted by atomic mass is 32.5. The topological polar surface area (TPSA) is 9.23 Å². The van der Waals surface area contributed by atoms with Gasteiger partial charge in [-0.1, -0.05) is 51.3 Å². The van der Waals surface area contributed by atoms with E-state index in [9.17, 15) is 0 Å². The first-order valence-electron chi connectivity index (χ1n) is 4.82. The third-order valence-electron chi connectivity index (χ3n) is 2.22. The predicted octanol–water partition coefficient (Wildman–Crippen LogP) is 3.87. The average molecular weight is 258 g/mol. The largest absolute Gasteiger partial charge is 0.321 e. The Morgan fingerprint density at radius 1 is 0.769 bits per heavy atom. The molecule has 0 N–H and O–H groups in total. The summed E-state index contributed by atoms with van der Waals surface area (Å²) in [5.74, 6) is 0. The van der Waals surface area contributed by atoms with E-state index in [1.807, 2.05) is 0 Å². The molecule has 0 aliphatic rings. The molecular formula is C8H20OP2S2. The lowest BCUT2D eigenvalue weighted by atomic mass is 11.0. The second-order valence-electron chi connectivity index (χ2n) is 2.98.